The molecule has 1 N–H and O–H groups in total. The Bertz CT molecular complexity index is 119. The molecular weight excluding hydrogens is 162 g/mol. The Kier molecular flexibility index (Phi) is 6.35. The zero-order chi connectivity index (χ0) is 8.86. The predicted octanol–water partition coefficient (Wildman–Crippen LogP) is 2.63. The first-order valence-corrected chi connectivity index (χ1v) is 5.68. The summed E-state index contributed by atoms with van der Waals surface area (Å²) in [5, 5.41) is 0. The van der Waals surface area contributed by atoms with Crippen LogP contribution in [0, 0.1) is 0 Å². The van der Waals surface area contributed by atoms with Gasteiger partial charge in [0.2, 0.25) is 0 Å². The summed E-state index contributed by atoms with van der Waals surface area (Å²) in [6.45, 7) is 10.4. The van der Waals surface area contributed by atoms with Crippen molar-refractivity contribution in [1.82, 2.24) is 0 Å². The van der Waals surface area contributed by atoms with E-state index in [0.29, 0.717) is 0 Å². The predicted molar refractivity (Wildman–Crippen MR) is 56.1 cm³/mol. The van der Waals surface area contributed by atoms with Gasteiger partial charge < -0.3 is 9.96 Å². The largest absolute Gasteiger partial charge is 0.870 e. The van der Waals surface area contributed by atoms with Gasteiger partial charge in [-0.25, -0.2) is 0 Å². The van der Waals surface area contributed by atoms with Crippen LogP contribution in [0.1, 0.15) is 46.0 Å². The molecule has 80 valence electrons. The van der Waals surface area contributed by atoms with Gasteiger partial charge in [0.25, 0.3) is 0 Å². The Hall–Kier alpha value is -0.0800. The molecule has 1 saturated heterocycles. The van der Waals surface area contributed by atoms with E-state index in [4.69, 9.17) is 0 Å². The molecule has 1 fully saturated rings. The fourth-order valence-electron chi connectivity index (χ4n) is 2.53. The molecule has 0 radical (unpaired) electrons. The maximum Gasteiger partial charge on any atom is 0.0788 e. The van der Waals surface area contributed by atoms with Crippen molar-refractivity contribution in [2.75, 3.05) is 26.2 Å². The molecule has 1 aliphatic heterocycles. The summed E-state index contributed by atoms with van der Waals surface area (Å²) in [6, 6.07) is 0. The zero-order valence-corrected chi connectivity index (χ0v) is 9.26. The first-order chi connectivity index (χ1) is 5.83. The van der Waals surface area contributed by atoms with E-state index in [1.165, 1.54) is 62.8 Å². The third-order valence-electron chi connectivity index (χ3n) is 3.20. The van der Waals surface area contributed by atoms with Gasteiger partial charge in [0.05, 0.1) is 26.2 Å². The molecule has 0 aromatic rings. The fourth-order valence-corrected chi connectivity index (χ4v) is 2.53. The molecule has 0 aromatic heterocycles. The van der Waals surface area contributed by atoms with E-state index in [-0.39, 0.29) is 5.48 Å². The first-order valence-electron chi connectivity index (χ1n) is 5.68. The van der Waals surface area contributed by atoms with Crippen LogP contribution < -0.4 is 0 Å². The summed E-state index contributed by atoms with van der Waals surface area (Å²) in [5.74, 6) is 0. The van der Waals surface area contributed by atoms with Crippen molar-refractivity contribution in [3.05, 3.63) is 0 Å². The van der Waals surface area contributed by atoms with Crippen LogP contribution in [0.15, 0.2) is 0 Å². The molecule has 0 atom stereocenters. The van der Waals surface area contributed by atoms with Crippen molar-refractivity contribution in [2.24, 2.45) is 0 Å². The van der Waals surface area contributed by atoms with Gasteiger partial charge in [0, 0.05) is 12.8 Å². The van der Waals surface area contributed by atoms with Gasteiger partial charge in [-0.3, -0.25) is 0 Å². The first kappa shape index (κ1) is 12.9. The number of unbranched alkanes of at least 4 members (excludes halogenated alkanes) is 1. The Morgan fingerprint density at radius 2 is 1.54 bits per heavy atom. The molecule has 1 rings (SSSR count). The second kappa shape index (κ2) is 6.39. The van der Waals surface area contributed by atoms with Gasteiger partial charge in [0.1, 0.15) is 0 Å². The van der Waals surface area contributed by atoms with E-state index >= 15 is 0 Å². The van der Waals surface area contributed by atoms with Crippen molar-refractivity contribution in [1.29, 1.82) is 0 Å². The lowest BCUT2D eigenvalue weighted by molar-refractivity contribution is -0.917. The van der Waals surface area contributed by atoms with Crippen LogP contribution in [-0.4, -0.2) is 36.1 Å². The highest BCUT2D eigenvalue weighted by Crippen LogP contribution is 2.20. The molecule has 2 heteroatoms. The van der Waals surface area contributed by atoms with E-state index in [2.05, 4.69) is 13.8 Å². The summed E-state index contributed by atoms with van der Waals surface area (Å²) >= 11 is 0. The number of rotatable bonds is 5. The van der Waals surface area contributed by atoms with Crippen molar-refractivity contribution in [2.45, 2.75) is 46.0 Å². The second-order valence-corrected chi connectivity index (χ2v) is 4.30. The lowest BCUT2D eigenvalue weighted by Crippen LogP contribution is -2.46. The molecule has 0 bridgehead atoms. The number of hydrogen-bond acceptors (Lipinski definition) is 1. The lowest BCUT2D eigenvalue weighted by atomic mass is 10.2. The highest BCUT2D eigenvalue weighted by atomic mass is 16.0. The van der Waals surface area contributed by atoms with Crippen LogP contribution in [-0.2, 0) is 0 Å². The molecule has 0 aromatic carbocycles. The Morgan fingerprint density at radius 3 is 2.00 bits per heavy atom. The number of hydrogen-bond donors (Lipinski definition) is 0. The van der Waals surface area contributed by atoms with Crippen molar-refractivity contribution in [3.8, 4) is 0 Å². The Balaban J connectivity index is 0.00000144. The highest BCUT2D eigenvalue weighted by Gasteiger charge is 2.29. The van der Waals surface area contributed by atoms with Gasteiger partial charge in [-0.1, -0.05) is 20.3 Å². The SMILES string of the molecule is CCCC[N+]1(CCC)CCCC1.[OH-]. The highest BCUT2D eigenvalue weighted by molar-refractivity contribution is 4.54. The number of quaternary nitrogens is 1. The molecule has 0 saturated carbocycles. The summed E-state index contributed by atoms with van der Waals surface area (Å²) in [5.41, 5.74) is 0. The average molecular weight is 187 g/mol. The summed E-state index contributed by atoms with van der Waals surface area (Å²) in [6.07, 6.45) is 7.11. The third kappa shape index (κ3) is 3.65. The topological polar surface area (TPSA) is 30.0 Å². The summed E-state index contributed by atoms with van der Waals surface area (Å²) in [7, 11) is 0. The standard InChI is InChI=1S/C11H24N.H2O/c1-3-5-9-12(8-4-2)10-6-7-11-12;/h3-11H2,1-2H3;1H2/q+1;/p-1. The van der Waals surface area contributed by atoms with Gasteiger partial charge in [-0.05, 0) is 12.8 Å². The van der Waals surface area contributed by atoms with Gasteiger partial charge in [0.15, 0.2) is 0 Å². The maximum atomic E-state index is 2.32. The van der Waals surface area contributed by atoms with Gasteiger partial charge in [-0.2, -0.15) is 0 Å². The quantitative estimate of drug-likeness (QED) is 0.608. The molecule has 0 spiro atoms. The van der Waals surface area contributed by atoms with Crippen molar-refractivity contribution >= 4 is 0 Å². The van der Waals surface area contributed by atoms with Gasteiger partial charge >= 0.3 is 0 Å². The van der Waals surface area contributed by atoms with Crippen LogP contribution in [0.3, 0.4) is 0 Å². The van der Waals surface area contributed by atoms with Crippen LogP contribution in [0.25, 0.3) is 0 Å². The van der Waals surface area contributed by atoms with E-state index in [1.54, 1.807) is 0 Å². The number of likely N-dealkylation sites (tertiary alicyclic amines) is 1. The molecule has 0 amide bonds. The van der Waals surface area contributed by atoms with Crippen LogP contribution >= 0.6 is 0 Å². The summed E-state index contributed by atoms with van der Waals surface area (Å²) < 4.78 is 1.45. The minimum atomic E-state index is 0. The fraction of sp³-hybridized carbons (Fsp3) is 1.00. The van der Waals surface area contributed by atoms with Crippen LogP contribution in [0.5, 0.6) is 0 Å². The summed E-state index contributed by atoms with van der Waals surface area (Å²) in [4.78, 5) is 0. The zero-order valence-electron chi connectivity index (χ0n) is 9.26. The van der Waals surface area contributed by atoms with E-state index < -0.39 is 0 Å². The lowest BCUT2D eigenvalue weighted by Gasteiger charge is -2.34. The van der Waals surface area contributed by atoms with E-state index in [0.717, 1.165) is 0 Å². The maximum absolute atomic E-state index is 2.32. The van der Waals surface area contributed by atoms with Crippen molar-refractivity contribution in [3.63, 3.8) is 0 Å². The number of nitrogens with zero attached hydrogens (tertiary/aromatic N) is 1. The molecule has 1 aliphatic rings. The normalized spacial score (nSPS) is 19.8. The monoisotopic (exact) mass is 187 g/mol. The molecule has 0 unspecified atom stereocenters. The Morgan fingerprint density at radius 1 is 0.923 bits per heavy atom. The molecular formula is C11H25NO. The van der Waals surface area contributed by atoms with Crippen LogP contribution in [0.4, 0.5) is 0 Å². The minimum Gasteiger partial charge on any atom is -0.870 e. The molecule has 2 nitrogen and oxygen atoms in total. The average Bonchev–Trinajstić information content (AvgIpc) is 2.51. The molecule has 0 aliphatic carbocycles. The third-order valence-corrected chi connectivity index (χ3v) is 3.20. The molecule has 1 heterocycles. The van der Waals surface area contributed by atoms with E-state index in [1.807, 2.05) is 0 Å². The minimum absolute atomic E-state index is 0. The Labute approximate surface area is 82.8 Å². The van der Waals surface area contributed by atoms with Crippen molar-refractivity contribution < 1.29 is 9.96 Å². The second-order valence-electron chi connectivity index (χ2n) is 4.30. The molecule has 13 heavy (non-hydrogen) atoms. The smallest absolute Gasteiger partial charge is 0.0788 e. The van der Waals surface area contributed by atoms with Crippen LogP contribution in [0.2, 0.25) is 0 Å². The van der Waals surface area contributed by atoms with E-state index in [9.17, 15) is 0 Å². The van der Waals surface area contributed by atoms with Gasteiger partial charge in [-0.15, -0.1) is 0 Å².